The van der Waals surface area contributed by atoms with Crippen LogP contribution in [0.2, 0.25) is 0 Å². The topological polar surface area (TPSA) is 26.0 Å². The van der Waals surface area contributed by atoms with Gasteiger partial charge in [-0.3, -0.25) is 0 Å². The van der Waals surface area contributed by atoms with Crippen molar-refractivity contribution in [3.05, 3.63) is 0 Å². The largest absolute Gasteiger partial charge is 1.00 e. The van der Waals surface area contributed by atoms with Crippen LogP contribution >= 0.6 is 0 Å². The van der Waals surface area contributed by atoms with Crippen LogP contribution in [-0.4, -0.2) is 37.7 Å². The summed E-state index contributed by atoms with van der Waals surface area (Å²) in [6.45, 7) is 5.38. The SMILES string of the molecule is CC(C)(N)CCC[N+](C)(C)C.[Cl-]. The van der Waals surface area contributed by atoms with E-state index in [0.717, 1.165) is 10.9 Å². The fourth-order valence-corrected chi connectivity index (χ4v) is 1.01. The average molecular weight is 195 g/mol. The first-order chi connectivity index (χ1) is 4.71. The Balaban J connectivity index is 0. The molecule has 12 heavy (non-hydrogen) atoms. The molecule has 0 amide bonds. The van der Waals surface area contributed by atoms with E-state index in [4.69, 9.17) is 5.73 Å². The fourth-order valence-electron chi connectivity index (χ4n) is 1.01. The second kappa shape index (κ2) is 5.05. The minimum atomic E-state index is 0. The molecule has 0 fully saturated rings. The molecule has 2 nitrogen and oxygen atoms in total. The van der Waals surface area contributed by atoms with E-state index in [9.17, 15) is 0 Å². The molecule has 0 aromatic heterocycles. The first-order valence-corrected chi connectivity index (χ1v) is 4.30. The quantitative estimate of drug-likeness (QED) is 0.526. The summed E-state index contributed by atoms with van der Waals surface area (Å²) in [5, 5.41) is 0. The van der Waals surface area contributed by atoms with Gasteiger partial charge in [0.1, 0.15) is 0 Å². The minimum Gasteiger partial charge on any atom is -1.00 e. The van der Waals surface area contributed by atoms with Gasteiger partial charge >= 0.3 is 0 Å². The highest BCUT2D eigenvalue weighted by Crippen LogP contribution is 2.08. The molecule has 3 heteroatoms. The molecule has 0 aliphatic rings. The molecule has 0 bridgehead atoms. The lowest BCUT2D eigenvalue weighted by molar-refractivity contribution is -0.870. The highest BCUT2D eigenvalue weighted by molar-refractivity contribution is 4.70. The number of nitrogens with zero attached hydrogens (tertiary/aromatic N) is 1. The number of hydrogen-bond donors (Lipinski definition) is 1. The molecule has 0 atom stereocenters. The monoisotopic (exact) mass is 194 g/mol. The number of quaternary nitrogens is 1. The Morgan fingerprint density at radius 3 is 1.83 bits per heavy atom. The Labute approximate surface area is 83.1 Å². The van der Waals surface area contributed by atoms with Crippen LogP contribution < -0.4 is 18.1 Å². The van der Waals surface area contributed by atoms with Gasteiger partial charge in [-0.15, -0.1) is 0 Å². The summed E-state index contributed by atoms with van der Waals surface area (Å²) < 4.78 is 1.04. The highest BCUT2D eigenvalue weighted by atomic mass is 35.5. The molecule has 0 aliphatic carbocycles. The zero-order valence-electron chi connectivity index (χ0n) is 9.02. The van der Waals surface area contributed by atoms with Crippen molar-refractivity contribution in [3.8, 4) is 0 Å². The highest BCUT2D eigenvalue weighted by Gasteiger charge is 2.13. The first-order valence-electron chi connectivity index (χ1n) is 4.30. The third-order valence-electron chi connectivity index (χ3n) is 1.65. The normalized spacial score (nSPS) is 12.5. The molecule has 0 spiro atoms. The Kier molecular flexibility index (Phi) is 6.20. The van der Waals surface area contributed by atoms with Gasteiger partial charge in [0.15, 0.2) is 0 Å². The molecule has 0 aromatic carbocycles. The van der Waals surface area contributed by atoms with Crippen LogP contribution in [0.4, 0.5) is 0 Å². The second-order valence-electron chi connectivity index (χ2n) is 5.11. The van der Waals surface area contributed by atoms with Crippen molar-refractivity contribution in [2.45, 2.75) is 32.2 Å². The van der Waals surface area contributed by atoms with E-state index in [1.807, 2.05) is 0 Å². The van der Waals surface area contributed by atoms with E-state index in [-0.39, 0.29) is 17.9 Å². The van der Waals surface area contributed by atoms with Crippen LogP contribution in [-0.2, 0) is 0 Å². The van der Waals surface area contributed by atoms with Gasteiger partial charge in [-0.05, 0) is 26.7 Å². The maximum Gasteiger partial charge on any atom is 0.0781 e. The Morgan fingerprint density at radius 2 is 1.58 bits per heavy atom. The number of halogens is 1. The summed E-state index contributed by atoms with van der Waals surface area (Å²) in [5.41, 5.74) is 5.87. The maximum absolute atomic E-state index is 5.86. The summed E-state index contributed by atoms with van der Waals surface area (Å²) >= 11 is 0. The Hall–Kier alpha value is 0.210. The van der Waals surface area contributed by atoms with Crippen molar-refractivity contribution in [1.82, 2.24) is 0 Å². The summed E-state index contributed by atoms with van der Waals surface area (Å²) in [7, 11) is 6.64. The molecule has 0 unspecified atom stereocenters. The van der Waals surface area contributed by atoms with Gasteiger partial charge in [0, 0.05) is 5.54 Å². The lowest BCUT2D eigenvalue weighted by Gasteiger charge is -2.26. The van der Waals surface area contributed by atoms with Crippen molar-refractivity contribution in [2.75, 3.05) is 27.7 Å². The maximum atomic E-state index is 5.86. The van der Waals surface area contributed by atoms with Crippen molar-refractivity contribution >= 4 is 0 Å². The van der Waals surface area contributed by atoms with Gasteiger partial charge in [0.05, 0.1) is 27.7 Å². The van der Waals surface area contributed by atoms with E-state index >= 15 is 0 Å². The van der Waals surface area contributed by atoms with Crippen molar-refractivity contribution < 1.29 is 16.9 Å². The first kappa shape index (κ1) is 14.7. The van der Waals surface area contributed by atoms with E-state index < -0.39 is 0 Å². The fraction of sp³-hybridized carbons (Fsp3) is 1.00. The number of hydrogen-bond acceptors (Lipinski definition) is 1. The summed E-state index contributed by atoms with van der Waals surface area (Å²) in [6.07, 6.45) is 2.33. The van der Waals surface area contributed by atoms with E-state index in [2.05, 4.69) is 35.0 Å². The molecule has 0 radical (unpaired) electrons. The second-order valence-corrected chi connectivity index (χ2v) is 5.11. The third-order valence-corrected chi connectivity index (χ3v) is 1.65. The molecule has 0 heterocycles. The zero-order valence-corrected chi connectivity index (χ0v) is 9.78. The van der Waals surface area contributed by atoms with E-state index in [0.29, 0.717) is 0 Å². The summed E-state index contributed by atoms with van der Waals surface area (Å²) in [5.74, 6) is 0. The molecule has 2 N–H and O–H groups in total. The summed E-state index contributed by atoms with van der Waals surface area (Å²) in [6, 6.07) is 0. The summed E-state index contributed by atoms with van der Waals surface area (Å²) in [4.78, 5) is 0. The standard InChI is InChI=1S/C9H23N2.ClH/c1-9(2,10)7-6-8-11(3,4)5;/h6-8,10H2,1-5H3;1H/q+1;/p-1. The van der Waals surface area contributed by atoms with Crippen LogP contribution in [0.3, 0.4) is 0 Å². The zero-order chi connectivity index (χ0) is 9.12. The lowest BCUT2D eigenvalue weighted by Crippen LogP contribution is -3.00. The molecule has 0 aliphatic heterocycles. The van der Waals surface area contributed by atoms with Gasteiger partial charge in [0.25, 0.3) is 0 Å². The molecular weight excluding hydrogens is 172 g/mol. The molecule has 0 aromatic rings. The van der Waals surface area contributed by atoms with Crippen LogP contribution in [0, 0.1) is 0 Å². The molecular formula is C9H23ClN2. The lowest BCUT2D eigenvalue weighted by atomic mass is 10.00. The van der Waals surface area contributed by atoms with Crippen LogP contribution in [0.25, 0.3) is 0 Å². The third kappa shape index (κ3) is 12.8. The number of nitrogens with two attached hydrogens (primary N) is 1. The minimum absolute atomic E-state index is 0. The Morgan fingerprint density at radius 1 is 1.17 bits per heavy atom. The molecule has 76 valence electrons. The van der Waals surface area contributed by atoms with Crippen molar-refractivity contribution in [3.63, 3.8) is 0 Å². The average Bonchev–Trinajstić information content (AvgIpc) is 1.55. The van der Waals surface area contributed by atoms with Gasteiger partial charge in [-0.1, -0.05) is 0 Å². The van der Waals surface area contributed by atoms with Gasteiger partial charge in [0.2, 0.25) is 0 Å². The molecule has 0 saturated carbocycles. The van der Waals surface area contributed by atoms with E-state index in [1.165, 1.54) is 13.0 Å². The molecule has 0 rings (SSSR count). The molecule has 0 saturated heterocycles. The Bertz CT molecular complexity index is 96.7. The predicted molar refractivity (Wildman–Crippen MR) is 50.4 cm³/mol. The van der Waals surface area contributed by atoms with Crippen LogP contribution in [0.5, 0.6) is 0 Å². The van der Waals surface area contributed by atoms with Crippen molar-refractivity contribution in [2.24, 2.45) is 5.73 Å². The van der Waals surface area contributed by atoms with Crippen LogP contribution in [0.1, 0.15) is 26.7 Å². The smallest absolute Gasteiger partial charge is 0.0781 e. The van der Waals surface area contributed by atoms with Gasteiger partial charge in [-0.25, -0.2) is 0 Å². The predicted octanol–water partition coefficient (Wildman–Crippen LogP) is -1.79. The van der Waals surface area contributed by atoms with Crippen molar-refractivity contribution in [1.29, 1.82) is 0 Å². The van der Waals surface area contributed by atoms with Gasteiger partial charge < -0.3 is 22.6 Å². The van der Waals surface area contributed by atoms with Crippen LogP contribution in [0.15, 0.2) is 0 Å². The van der Waals surface area contributed by atoms with Gasteiger partial charge in [-0.2, -0.15) is 0 Å². The number of rotatable bonds is 4. The van der Waals surface area contributed by atoms with E-state index in [1.54, 1.807) is 0 Å².